The Morgan fingerprint density at radius 3 is 2.27 bits per heavy atom. The van der Waals surface area contributed by atoms with Gasteiger partial charge in [-0.2, -0.15) is 13.2 Å². The lowest BCUT2D eigenvalue weighted by molar-refractivity contribution is -0.159. The number of fused-ring (bicyclic) bond motifs is 5. The Hall–Kier alpha value is -2.12. The van der Waals surface area contributed by atoms with Gasteiger partial charge < -0.3 is 9.47 Å². The number of ether oxygens (including phenoxy) is 2. The Morgan fingerprint density at radius 1 is 1.00 bits per heavy atom. The van der Waals surface area contributed by atoms with Gasteiger partial charge in [0, 0.05) is 31.3 Å². The molecule has 3 fully saturated rings. The molecule has 0 aromatic carbocycles. The third-order valence-corrected chi connectivity index (χ3v) is 8.78. The van der Waals surface area contributed by atoms with Crippen molar-refractivity contribution in [1.82, 2.24) is 0 Å². The second kappa shape index (κ2) is 7.98. The lowest BCUT2D eigenvalue weighted by Crippen LogP contribution is -2.50. The second-order valence-corrected chi connectivity index (χ2v) is 10.6. The second-order valence-electron chi connectivity index (χ2n) is 10.6. The van der Waals surface area contributed by atoms with Gasteiger partial charge in [0.05, 0.1) is 0 Å². The maximum Gasteiger partial charge on any atom is 0.450 e. The van der Waals surface area contributed by atoms with E-state index in [9.17, 15) is 27.6 Å². The summed E-state index contributed by atoms with van der Waals surface area (Å²) < 4.78 is 51.1. The lowest BCUT2D eigenvalue weighted by Gasteiger charge is -2.56. The van der Waals surface area contributed by atoms with E-state index >= 15 is 0 Å². The molecule has 4 aliphatic carbocycles. The van der Waals surface area contributed by atoms with Crippen LogP contribution in [-0.4, -0.2) is 30.0 Å². The molecule has 5 nitrogen and oxygen atoms in total. The van der Waals surface area contributed by atoms with E-state index in [2.05, 4.69) is 17.7 Å². The van der Waals surface area contributed by atoms with Crippen LogP contribution in [-0.2, 0) is 23.9 Å². The molecule has 6 atom stereocenters. The highest BCUT2D eigenvalue weighted by Crippen LogP contribution is 2.65. The molecule has 4 aliphatic rings. The minimum absolute atomic E-state index is 0.0199. The number of hydrogen-bond donors (Lipinski definition) is 0. The number of rotatable bonds is 2. The van der Waals surface area contributed by atoms with E-state index in [1.807, 2.05) is 0 Å². The van der Waals surface area contributed by atoms with Crippen molar-refractivity contribution in [2.45, 2.75) is 84.9 Å². The first-order chi connectivity index (χ1) is 15.3. The van der Waals surface area contributed by atoms with Crippen LogP contribution in [0.25, 0.3) is 0 Å². The maximum absolute atomic E-state index is 13.7. The van der Waals surface area contributed by atoms with E-state index in [0.29, 0.717) is 19.3 Å². The summed E-state index contributed by atoms with van der Waals surface area (Å²) >= 11 is 0. The zero-order valence-corrected chi connectivity index (χ0v) is 19.5. The average Bonchev–Trinajstić information content (AvgIpc) is 2.96. The van der Waals surface area contributed by atoms with Crippen LogP contribution in [0.2, 0.25) is 0 Å². The van der Waals surface area contributed by atoms with Crippen molar-refractivity contribution in [3.05, 3.63) is 23.0 Å². The fraction of sp³-hybridized carbons (Fsp3) is 0.720. The van der Waals surface area contributed by atoms with Gasteiger partial charge in [-0.25, -0.2) is 0 Å². The summed E-state index contributed by atoms with van der Waals surface area (Å²) in [6.07, 6.45) is 1.38. The number of esters is 2. The topological polar surface area (TPSA) is 69.7 Å². The first kappa shape index (κ1) is 24.0. The van der Waals surface area contributed by atoms with Crippen LogP contribution in [0.1, 0.15) is 72.6 Å². The van der Waals surface area contributed by atoms with Gasteiger partial charge in [-0.3, -0.25) is 14.4 Å². The molecule has 182 valence electrons. The predicted octanol–water partition coefficient (Wildman–Crippen LogP) is 5.44. The van der Waals surface area contributed by atoms with E-state index in [4.69, 9.17) is 4.74 Å². The van der Waals surface area contributed by atoms with Crippen LogP contribution in [0.4, 0.5) is 13.2 Å². The fourth-order valence-corrected chi connectivity index (χ4v) is 7.23. The number of Topliss-reactive ketones (excluding diaryl/α,β-unsaturated/α-hetero) is 1. The summed E-state index contributed by atoms with van der Waals surface area (Å²) in [6.45, 7) is 6.32. The van der Waals surface area contributed by atoms with Gasteiger partial charge in [0.25, 0.3) is 0 Å². The summed E-state index contributed by atoms with van der Waals surface area (Å²) in [5.41, 5.74) is -0.117. The van der Waals surface area contributed by atoms with Crippen LogP contribution >= 0.6 is 0 Å². The highest BCUT2D eigenvalue weighted by Gasteiger charge is 2.61. The van der Waals surface area contributed by atoms with Crippen LogP contribution in [0.3, 0.4) is 0 Å². The molecule has 0 amide bonds. The zero-order chi connectivity index (χ0) is 24.3. The zero-order valence-electron chi connectivity index (χ0n) is 19.5. The van der Waals surface area contributed by atoms with Gasteiger partial charge in [-0.1, -0.05) is 25.5 Å². The van der Waals surface area contributed by atoms with Crippen molar-refractivity contribution in [1.29, 1.82) is 0 Å². The molecule has 3 saturated carbocycles. The van der Waals surface area contributed by atoms with Gasteiger partial charge in [-0.15, -0.1) is 0 Å². The van der Waals surface area contributed by atoms with Gasteiger partial charge >= 0.3 is 18.1 Å². The Labute approximate surface area is 191 Å². The molecule has 4 rings (SSSR count). The Bertz CT molecular complexity index is 948. The van der Waals surface area contributed by atoms with E-state index in [0.717, 1.165) is 26.2 Å². The van der Waals surface area contributed by atoms with Crippen molar-refractivity contribution in [2.24, 2.45) is 28.6 Å². The van der Waals surface area contributed by atoms with Gasteiger partial charge in [0.2, 0.25) is 5.76 Å². The highest BCUT2D eigenvalue weighted by molar-refractivity contribution is 6.03. The number of ketones is 1. The summed E-state index contributed by atoms with van der Waals surface area (Å²) in [5, 5.41) is 0. The lowest BCUT2D eigenvalue weighted by atomic mass is 9.48. The summed E-state index contributed by atoms with van der Waals surface area (Å²) in [6, 6.07) is 0. The highest BCUT2D eigenvalue weighted by atomic mass is 19.4. The number of alkyl halides is 3. The summed E-state index contributed by atoms with van der Waals surface area (Å²) in [4.78, 5) is 36.1. The van der Waals surface area contributed by atoms with Crippen LogP contribution in [0.5, 0.6) is 0 Å². The molecule has 0 aromatic rings. The minimum Gasteiger partial charge on any atom is -0.462 e. The molecule has 0 aromatic heterocycles. The molecule has 0 unspecified atom stereocenters. The fourth-order valence-electron chi connectivity index (χ4n) is 7.23. The van der Waals surface area contributed by atoms with Crippen molar-refractivity contribution in [3.8, 4) is 0 Å². The van der Waals surface area contributed by atoms with Gasteiger partial charge in [0.15, 0.2) is 5.78 Å². The van der Waals surface area contributed by atoms with E-state index in [1.54, 1.807) is 6.92 Å². The van der Waals surface area contributed by atoms with Crippen LogP contribution < -0.4 is 0 Å². The number of carbonyl (C=O) groups excluding carboxylic acids is 3. The van der Waals surface area contributed by atoms with Gasteiger partial charge in [0.1, 0.15) is 6.10 Å². The summed E-state index contributed by atoms with van der Waals surface area (Å²) in [7, 11) is 0. The quantitative estimate of drug-likeness (QED) is 0.234. The van der Waals surface area contributed by atoms with Crippen molar-refractivity contribution in [3.63, 3.8) is 0 Å². The number of carbonyl (C=O) groups is 3. The van der Waals surface area contributed by atoms with E-state index in [-0.39, 0.29) is 47.2 Å². The van der Waals surface area contributed by atoms with Gasteiger partial charge in [-0.05, 0) is 61.7 Å². The largest absolute Gasteiger partial charge is 0.462 e. The molecule has 0 aliphatic heterocycles. The summed E-state index contributed by atoms with van der Waals surface area (Å²) in [5.74, 6) is -3.23. The first-order valence-electron chi connectivity index (χ1n) is 11.7. The monoisotopic (exact) mass is 468 g/mol. The molecule has 0 radical (unpaired) electrons. The Morgan fingerprint density at radius 2 is 1.67 bits per heavy atom. The normalized spacial score (nSPS) is 39.6. The third kappa shape index (κ3) is 3.93. The number of hydrogen-bond acceptors (Lipinski definition) is 5. The van der Waals surface area contributed by atoms with Crippen LogP contribution in [0.15, 0.2) is 23.0 Å². The molecule has 0 saturated heterocycles. The smallest absolute Gasteiger partial charge is 0.450 e. The molecule has 0 bridgehead atoms. The van der Waals surface area contributed by atoms with E-state index in [1.165, 1.54) is 12.5 Å². The standard InChI is InChI=1S/C25H31F3O5/c1-13(29)32-16-7-9-23(3)15(11-16)5-6-17-19(23)8-10-24(4)20(17)12-18(21(24)31)22(25(26,27)28)33-14(2)30/h5,16-17,19-20H,6-12H2,1-4H3/t16-,17-,19+,20+,23-,24+/m0/s1. The molecule has 33 heavy (non-hydrogen) atoms. The average molecular weight is 469 g/mol. The molecular weight excluding hydrogens is 437 g/mol. The van der Waals surface area contributed by atoms with E-state index < -0.39 is 29.1 Å². The Kier molecular flexibility index (Phi) is 5.81. The van der Waals surface area contributed by atoms with Crippen molar-refractivity contribution >= 4 is 17.7 Å². The first-order valence-corrected chi connectivity index (χ1v) is 11.7. The SMILES string of the molecule is CC(=O)OC(=C1C[C@@H]2[C@H]3CC=C4C[C@@H](OC(C)=O)CC[C@]4(C)[C@@H]3CC[C@@]2(C)C1=O)C(F)(F)F. The number of halogens is 3. The third-order valence-electron chi connectivity index (χ3n) is 8.78. The maximum atomic E-state index is 13.7. The predicted molar refractivity (Wildman–Crippen MR) is 112 cm³/mol. The molecule has 8 heteroatoms. The number of allylic oxidation sites excluding steroid dienone is 3. The minimum atomic E-state index is -4.90. The molecule has 0 spiro atoms. The molecular formula is C25H31F3O5. The van der Waals surface area contributed by atoms with Crippen LogP contribution in [0, 0.1) is 28.6 Å². The molecule has 0 heterocycles. The Balaban J connectivity index is 1.67. The van der Waals surface area contributed by atoms with Crippen molar-refractivity contribution in [2.75, 3.05) is 0 Å². The molecule has 0 N–H and O–H groups in total. The van der Waals surface area contributed by atoms with Crippen molar-refractivity contribution < 1.29 is 37.0 Å².